The Kier molecular flexibility index (Phi) is 5.50. The Balaban J connectivity index is 1.43. The summed E-state index contributed by atoms with van der Waals surface area (Å²) in [5.41, 5.74) is 3.00. The lowest BCUT2D eigenvalue weighted by atomic mass is 9.99. The van der Waals surface area contributed by atoms with Crippen LogP contribution in [0.2, 0.25) is 0 Å². The molecule has 5 rings (SSSR count). The van der Waals surface area contributed by atoms with Gasteiger partial charge in [-0.15, -0.1) is 0 Å². The zero-order valence-electron chi connectivity index (χ0n) is 17.2. The Morgan fingerprint density at radius 3 is 2.44 bits per heavy atom. The zero-order valence-corrected chi connectivity index (χ0v) is 18.8. The molecule has 0 bridgehead atoms. The molecule has 1 saturated heterocycles. The van der Waals surface area contributed by atoms with Crippen LogP contribution in [0, 0.1) is 0 Å². The lowest BCUT2D eigenvalue weighted by Gasteiger charge is -2.15. The zero-order chi connectivity index (χ0) is 22.1. The summed E-state index contributed by atoms with van der Waals surface area (Å²) in [6.07, 6.45) is 1.78. The van der Waals surface area contributed by atoms with E-state index >= 15 is 0 Å². The van der Waals surface area contributed by atoms with Crippen molar-refractivity contribution in [2.45, 2.75) is 17.7 Å². The van der Waals surface area contributed by atoms with Crippen molar-refractivity contribution in [1.82, 2.24) is 9.29 Å². The third-order valence-electron chi connectivity index (χ3n) is 5.54. The second-order valence-corrected chi connectivity index (χ2v) is 10.6. The number of benzene rings is 3. The number of amides is 1. The van der Waals surface area contributed by atoms with Crippen molar-refractivity contribution in [3.63, 3.8) is 0 Å². The van der Waals surface area contributed by atoms with Crippen LogP contribution < -0.4 is 5.32 Å². The summed E-state index contributed by atoms with van der Waals surface area (Å²) < 4.78 is 28.0. The molecule has 0 spiro atoms. The topological polar surface area (TPSA) is 79.4 Å². The molecule has 6 nitrogen and oxygen atoms in total. The highest BCUT2D eigenvalue weighted by atomic mass is 32.2. The van der Waals surface area contributed by atoms with E-state index in [4.69, 9.17) is 0 Å². The fraction of sp³-hybridized carbons (Fsp3) is 0.167. The summed E-state index contributed by atoms with van der Waals surface area (Å²) in [4.78, 5) is 17.8. The molecule has 2 heterocycles. The van der Waals surface area contributed by atoms with E-state index in [1.807, 2.05) is 48.5 Å². The first-order valence-electron chi connectivity index (χ1n) is 10.4. The molecule has 0 atom stereocenters. The fourth-order valence-electron chi connectivity index (χ4n) is 3.91. The van der Waals surface area contributed by atoms with Crippen LogP contribution in [0.1, 0.15) is 23.2 Å². The molecule has 1 aliphatic heterocycles. The number of thiazole rings is 1. The van der Waals surface area contributed by atoms with Crippen LogP contribution >= 0.6 is 11.3 Å². The fourth-order valence-corrected chi connectivity index (χ4v) is 6.43. The highest BCUT2D eigenvalue weighted by Crippen LogP contribution is 2.31. The SMILES string of the molecule is O=C(Nc1nc2ccc(S(=O)(=O)N3CCCC3)cc2s1)c1ccccc1-c1ccccc1. The first-order valence-corrected chi connectivity index (χ1v) is 12.6. The summed E-state index contributed by atoms with van der Waals surface area (Å²) in [5.74, 6) is -0.256. The minimum absolute atomic E-state index is 0.256. The van der Waals surface area contributed by atoms with Crippen LogP contribution in [0.4, 0.5) is 5.13 Å². The van der Waals surface area contributed by atoms with Gasteiger partial charge in [-0.2, -0.15) is 4.31 Å². The van der Waals surface area contributed by atoms with Crippen molar-refractivity contribution in [3.8, 4) is 11.1 Å². The van der Waals surface area contributed by atoms with Crippen LogP contribution in [0.15, 0.2) is 77.7 Å². The molecule has 8 heteroatoms. The van der Waals surface area contributed by atoms with Crippen LogP contribution in [0.3, 0.4) is 0 Å². The number of rotatable bonds is 5. The van der Waals surface area contributed by atoms with Crippen LogP contribution in [0.25, 0.3) is 21.3 Å². The van der Waals surface area contributed by atoms with E-state index in [-0.39, 0.29) is 10.8 Å². The maximum atomic E-state index is 13.0. The van der Waals surface area contributed by atoms with Gasteiger partial charge in [0.05, 0.1) is 15.1 Å². The molecule has 1 fully saturated rings. The standard InChI is InChI=1S/C24H21N3O3S2/c28-23(20-11-5-4-10-19(20)17-8-2-1-3-9-17)26-24-25-21-13-12-18(16-22(21)31-24)32(29,30)27-14-6-7-15-27/h1-5,8-13,16H,6-7,14-15H2,(H,25,26,28). The third-order valence-corrected chi connectivity index (χ3v) is 8.37. The molecular weight excluding hydrogens is 442 g/mol. The molecule has 0 radical (unpaired) electrons. The number of fused-ring (bicyclic) bond motifs is 1. The van der Waals surface area contributed by atoms with Gasteiger partial charge in [0.2, 0.25) is 10.0 Å². The van der Waals surface area contributed by atoms with Crippen molar-refractivity contribution in [3.05, 3.63) is 78.4 Å². The smallest absolute Gasteiger partial charge is 0.258 e. The molecule has 162 valence electrons. The molecule has 1 aliphatic rings. The molecule has 32 heavy (non-hydrogen) atoms. The number of hydrogen-bond acceptors (Lipinski definition) is 5. The molecule has 4 aromatic rings. The Hall–Kier alpha value is -3.07. The molecule has 0 unspecified atom stereocenters. The summed E-state index contributed by atoms with van der Waals surface area (Å²) in [6, 6.07) is 22.1. The second kappa shape index (κ2) is 8.46. The maximum Gasteiger partial charge on any atom is 0.258 e. The molecule has 1 amide bonds. The number of carbonyl (C=O) groups excluding carboxylic acids is 1. The average molecular weight is 464 g/mol. The van der Waals surface area contributed by atoms with Gasteiger partial charge < -0.3 is 0 Å². The lowest BCUT2D eigenvalue weighted by Crippen LogP contribution is -2.27. The molecular formula is C24H21N3O3S2. The van der Waals surface area contributed by atoms with Crippen LogP contribution in [-0.2, 0) is 10.0 Å². The van der Waals surface area contributed by atoms with Gasteiger partial charge in [-0.25, -0.2) is 13.4 Å². The Bertz CT molecular complexity index is 1390. The first-order chi connectivity index (χ1) is 15.5. The minimum atomic E-state index is -3.50. The summed E-state index contributed by atoms with van der Waals surface area (Å²) in [7, 11) is -3.50. The monoisotopic (exact) mass is 463 g/mol. The van der Waals surface area contributed by atoms with E-state index in [1.165, 1.54) is 15.6 Å². The number of nitrogens with zero attached hydrogens (tertiary/aromatic N) is 2. The number of carbonyl (C=O) groups is 1. The van der Waals surface area contributed by atoms with Gasteiger partial charge in [0, 0.05) is 18.7 Å². The van der Waals surface area contributed by atoms with Crippen LogP contribution in [-0.4, -0.2) is 36.7 Å². The van der Waals surface area contributed by atoms with Crippen LogP contribution in [0.5, 0.6) is 0 Å². The van der Waals surface area contributed by atoms with Gasteiger partial charge >= 0.3 is 0 Å². The van der Waals surface area contributed by atoms with E-state index in [1.54, 1.807) is 24.3 Å². The van der Waals surface area contributed by atoms with Crippen molar-refractivity contribution in [2.24, 2.45) is 0 Å². The number of nitrogens with one attached hydrogen (secondary N) is 1. The number of anilines is 1. The van der Waals surface area contributed by atoms with Crippen molar-refractivity contribution in [1.29, 1.82) is 0 Å². The Labute approximate surface area is 190 Å². The maximum absolute atomic E-state index is 13.0. The van der Waals surface area contributed by atoms with E-state index < -0.39 is 10.0 Å². The second-order valence-electron chi connectivity index (χ2n) is 7.63. The number of hydrogen-bond donors (Lipinski definition) is 1. The van der Waals surface area contributed by atoms with Gasteiger partial charge in [0.1, 0.15) is 0 Å². The average Bonchev–Trinajstić information content (AvgIpc) is 3.49. The minimum Gasteiger partial charge on any atom is -0.298 e. The van der Waals surface area contributed by atoms with E-state index in [9.17, 15) is 13.2 Å². The predicted octanol–water partition coefficient (Wildman–Crippen LogP) is 5.00. The molecule has 1 aromatic heterocycles. The summed E-state index contributed by atoms with van der Waals surface area (Å²) >= 11 is 1.27. The van der Waals surface area contributed by atoms with Crippen molar-refractivity contribution < 1.29 is 13.2 Å². The third kappa shape index (κ3) is 3.92. The quantitative estimate of drug-likeness (QED) is 0.452. The van der Waals surface area contributed by atoms with Gasteiger partial charge in [-0.3, -0.25) is 10.1 Å². The molecule has 0 aliphatic carbocycles. The number of sulfonamides is 1. The van der Waals surface area contributed by atoms with Crippen molar-refractivity contribution in [2.75, 3.05) is 18.4 Å². The van der Waals surface area contributed by atoms with Crippen molar-refractivity contribution >= 4 is 42.6 Å². The van der Waals surface area contributed by atoms with Gasteiger partial charge in [-0.1, -0.05) is 59.9 Å². The summed E-state index contributed by atoms with van der Waals surface area (Å²) in [5, 5.41) is 3.31. The summed E-state index contributed by atoms with van der Waals surface area (Å²) in [6.45, 7) is 1.12. The van der Waals surface area contributed by atoms with E-state index in [0.717, 1.165) is 28.7 Å². The Morgan fingerprint density at radius 2 is 1.66 bits per heavy atom. The predicted molar refractivity (Wildman–Crippen MR) is 127 cm³/mol. The lowest BCUT2D eigenvalue weighted by molar-refractivity contribution is 0.102. The molecule has 3 aromatic carbocycles. The highest BCUT2D eigenvalue weighted by molar-refractivity contribution is 7.89. The van der Waals surface area contributed by atoms with E-state index in [0.29, 0.717) is 29.3 Å². The van der Waals surface area contributed by atoms with E-state index in [2.05, 4.69) is 10.3 Å². The van der Waals surface area contributed by atoms with Gasteiger partial charge in [0.15, 0.2) is 5.13 Å². The first kappa shape index (κ1) is 20.8. The van der Waals surface area contributed by atoms with Gasteiger partial charge in [0.25, 0.3) is 5.91 Å². The van der Waals surface area contributed by atoms with Gasteiger partial charge in [-0.05, 0) is 48.2 Å². The molecule has 0 saturated carbocycles. The number of aromatic nitrogens is 1. The highest BCUT2D eigenvalue weighted by Gasteiger charge is 2.27. The largest absolute Gasteiger partial charge is 0.298 e. The normalized spacial score (nSPS) is 14.6. The Morgan fingerprint density at radius 1 is 0.938 bits per heavy atom. The molecule has 1 N–H and O–H groups in total.